The summed E-state index contributed by atoms with van der Waals surface area (Å²) < 4.78 is 31.3. The SMILES string of the molecule is O=C(C[C@@H](CF)N1C(=O)c2ccccc2C1=O)OCc1ccccc1.O=CC[C@@H](CF)N1C(=O)c2ccccc2C1=O. The molecule has 0 spiro atoms. The lowest BCUT2D eigenvalue weighted by Gasteiger charge is -2.22. The molecule has 216 valence electrons. The molecule has 0 N–H and O–H groups in total. The molecule has 2 heterocycles. The number of fused-ring (bicyclic) bond motifs is 2. The molecule has 2 atom stereocenters. The Morgan fingerprint density at radius 2 is 1.07 bits per heavy atom. The van der Waals surface area contributed by atoms with Gasteiger partial charge in [-0.2, -0.15) is 0 Å². The van der Waals surface area contributed by atoms with Gasteiger partial charge in [0.25, 0.3) is 23.6 Å². The molecule has 11 heteroatoms. The van der Waals surface area contributed by atoms with Crippen molar-refractivity contribution in [2.75, 3.05) is 13.3 Å². The van der Waals surface area contributed by atoms with Crippen LogP contribution in [0.1, 0.15) is 59.8 Å². The molecular weight excluding hydrogens is 550 g/mol. The van der Waals surface area contributed by atoms with Gasteiger partial charge >= 0.3 is 5.97 Å². The fraction of sp³-hybridized carbons (Fsp3) is 0.226. The quantitative estimate of drug-likeness (QED) is 0.204. The second-order valence-electron chi connectivity index (χ2n) is 9.42. The second kappa shape index (κ2) is 13.5. The molecule has 5 rings (SSSR count). The van der Waals surface area contributed by atoms with E-state index in [1.54, 1.807) is 36.4 Å². The molecule has 0 saturated carbocycles. The first-order valence-electron chi connectivity index (χ1n) is 13.0. The van der Waals surface area contributed by atoms with Crippen LogP contribution in [0.5, 0.6) is 0 Å². The lowest BCUT2D eigenvalue weighted by atomic mass is 10.1. The second-order valence-corrected chi connectivity index (χ2v) is 9.42. The van der Waals surface area contributed by atoms with Crippen LogP contribution in [0.15, 0.2) is 78.9 Å². The fourth-order valence-electron chi connectivity index (χ4n) is 4.63. The predicted molar refractivity (Wildman–Crippen MR) is 145 cm³/mol. The van der Waals surface area contributed by atoms with Gasteiger partial charge in [-0.3, -0.25) is 33.8 Å². The third-order valence-corrected chi connectivity index (χ3v) is 6.75. The smallest absolute Gasteiger partial charge is 0.308 e. The average Bonchev–Trinajstić information content (AvgIpc) is 3.43. The molecule has 3 aromatic rings. The van der Waals surface area contributed by atoms with E-state index in [4.69, 9.17) is 4.74 Å². The van der Waals surface area contributed by atoms with Crippen LogP contribution in [0.2, 0.25) is 0 Å². The topological polar surface area (TPSA) is 118 Å². The Kier molecular flexibility index (Phi) is 9.64. The van der Waals surface area contributed by atoms with Crippen LogP contribution >= 0.6 is 0 Å². The van der Waals surface area contributed by atoms with Gasteiger partial charge in [0.15, 0.2) is 0 Å². The van der Waals surface area contributed by atoms with Crippen molar-refractivity contribution in [3.8, 4) is 0 Å². The third kappa shape index (κ3) is 6.14. The molecule has 3 aromatic carbocycles. The van der Waals surface area contributed by atoms with E-state index in [2.05, 4.69) is 0 Å². The highest BCUT2D eigenvalue weighted by Crippen LogP contribution is 2.27. The normalized spacial score (nSPS) is 15.0. The Bertz CT molecular complexity index is 1440. The maximum absolute atomic E-state index is 13.4. The van der Waals surface area contributed by atoms with E-state index in [1.807, 2.05) is 18.2 Å². The third-order valence-electron chi connectivity index (χ3n) is 6.75. The molecule has 0 aliphatic carbocycles. The number of benzene rings is 3. The van der Waals surface area contributed by atoms with Gasteiger partial charge in [0.05, 0.1) is 40.8 Å². The molecule has 0 radical (unpaired) electrons. The van der Waals surface area contributed by atoms with Crippen molar-refractivity contribution >= 4 is 35.9 Å². The molecule has 2 aliphatic rings. The largest absolute Gasteiger partial charge is 0.461 e. The minimum Gasteiger partial charge on any atom is -0.461 e. The number of amides is 4. The van der Waals surface area contributed by atoms with Crippen LogP contribution in [-0.2, 0) is 20.9 Å². The summed E-state index contributed by atoms with van der Waals surface area (Å²) in [7, 11) is 0. The molecule has 42 heavy (non-hydrogen) atoms. The number of carbonyl (C=O) groups is 6. The standard InChI is InChI=1S/C19H16FNO4.C12H10FNO3/c20-11-14(10-17(22)25-12-13-6-2-1-3-7-13)21-18(23)15-8-4-5-9-16(15)19(21)24;13-7-8(5-6-15)14-11(16)9-3-1-2-4-10(9)12(14)17/h1-9,14H,10-12H2;1-4,6,8H,5,7H2/t14-;8-/m00/s1. The number of hydrogen-bond donors (Lipinski definition) is 0. The Balaban J connectivity index is 0.000000208. The molecular formula is C31H26F2N2O7. The van der Waals surface area contributed by atoms with Gasteiger partial charge in [-0.25, -0.2) is 8.78 Å². The van der Waals surface area contributed by atoms with E-state index < -0.39 is 55.0 Å². The summed E-state index contributed by atoms with van der Waals surface area (Å²) in [4.78, 5) is 72.6. The van der Waals surface area contributed by atoms with Crippen molar-refractivity contribution < 1.29 is 42.3 Å². The highest BCUT2D eigenvalue weighted by Gasteiger charge is 2.41. The molecule has 0 fully saturated rings. The van der Waals surface area contributed by atoms with Crippen molar-refractivity contribution in [1.82, 2.24) is 9.80 Å². The van der Waals surface area contributed by atoms with Gasteiger partial charge in [0, 0.05) is 6.42 Å². The highest BCUT2D eigenvalue weighted by atomic mass is 19.1. The van der Waals surface area contributed by atoms with Crippen LogP contribution in [-0.4, -0.2) is 71.1 Å². The van der Waals surface area contributed by atoms with Gasteiger partial charge in [-0.15, -0.1) is 0 Å². The summed E-state index contributed by atoms with van der Waals surface area (Å²) in [5, 5.41) is 0. The summed E-state index contributed by atoms with van der Waals surface area (Å²) in [6.07, 6.45) is -0.0510. The van der Waals surface area contributed by atoms with E-state index in [9.17, 15) is 37.5 Å². The zero-order valence-corrected chi connectivity index (χ0v) is 22.3. The van der Waals surface area contributed by atoms with Gasteiger partial charge in [-0.05, 0) is 29.8 Å². The van der Waals surface area contributed by atoms with Crippen LogP contribution in [0, 0.1) is 0 Å². The van der Waals surface area contributed by atoms with Crippen LogP contribution in [0.3, 0.4) is 0 Å². The molecule has 2 aliphatic heterocycles. The predicted octanol–water partition coefficient (Wildman–Crippen LogP) is 3.96. The van der Waals surface area contributed by atoms with Gasteiger partial charge in [0.1, 0.15) is 26.2 Å². The minimum absolute atomic E-state index is 0.0563. The summed E-state index contributed by atoms with van der Waals surface area (Å²) in [6, 6.07) is 19.5. The van der Waals surface area contributed by atoms with Crippen molar-refractivity contribution in [1.29, 1.82) is 0 Å². The van der Waals surface area contributed by atoms with Crippen LogP contribution < -0.4 is 0 Å². The zero-order chi connectivity index (χ0) is 30.2. The van der Waals surface area contributed by atoms with Gasteiger partial charge in [-0.1, -0.05) is 54.6 Å². The molecule has 0 saturated heterocycles. The molecule has 4 amide bonds. The van der Waals surface area contributed by atoms with Crippen molar-refractivity contribution in [2.45, 2.75) is 31.5 Å². The number of hydrogen-bond acceptors (Lipinski definition) is 7. The Morgan fingerprint density at radius 3 is 1.48 bits per heavy atom. The number of halogens is 2. The number of alkyl halides is 2. The Hall–Kier alpha value is -5.06. The molecule has 0 aromatic heterocycles. The number of imide groups is 2. The summed E-state index contributed by atoms with van der Waals surface area (Å²) in [5.74, 6) is -2.90. The molecule has 9 nitrogen and oxygen atoms in total. The van der Waals surface area contributed by atoms with Gasteiger partial charge < -0.3 is 9.53 Å². The monoisotopic (exact) mass is 576 g/mol. The highest BCUT2D eigenvalue weighted by molar-refractivity contribution is 6.22. The van der Waals surface area contributed by atoms with Crippen LogP contribution in [0.25, 0.3) is 0 Å². The summed E-state index contributed by atoms with van der Waals surface area (Å²) >= 11 is 0. The lowest BCUT2D eigenvalue weighted by Crippen LogP contribution is -2.42. The zero-order valence-electron chi connectivity index (χ0n) is 22.3. The lowest BCUT2D eigenvalue weighted by molar-refractivity contribution is -0.146. The first-order chi connectivity index (χ1) is 20.3. The number of rotatable bonds is 10. The summed E-state index contributed by atoms with van der Waals surface area (Å²) in [5.41, 5.74) is 1.78. The number of esters is 1. The van der Waals surface area contributed by atoms with E-state index in [1.165, 1.54) is 24.3 Å². The minimum atomic E-state index is -1.17. The fourth-order valence-corrected chi connectivity index (χ4v) is 4.63. The maximum atomic E-state index is 13.4. The van der Waals surface area contributed by atoms with Crippen molar-refractivity contribution in [2.24, 2.45) is 0 Å². The van der Waals surface area contributed by atoms with Crippen molar-refractivity contribution in [3.05, 3.63) is 107 Å². The molecule has 0 unspecified atom stereocenters. The van der Waals surface area contributed by atoms with E-state index in [0.717, 1.165) is 15.4 Å². The number of carbonyl (C=O) groups excluding carboxylic acids is 6. The molecule has 0 bridgehead atoms. The Morgan fingerprint density at radius 1 is 0.667 bits per heavy atom. The van der Waals surface area contributed by atoms with Crippen molar-refractivity contribution in [3.63, 3.8) is 0 Å². The maximum Gasteiger partial charge on any atom is 0.308 e. The first kappa shape index (κ1) is 29.9. The van der Waals surface area contributed by atoms with Crippen LogP contribution in [0.4, 0.5) is 8.78 Å². The van der Waals surface area contributed by atoms with E-state index in [0.29, 0.717) is 6.29 Å². The van der Waals surface area contributed by atoms with E-state index >= 15 is 0 Å². The van der Waals surface area contributed by atoms with E-state index in [-0.39, 0.29) is 41.7 Å². The van der Waals surface area contributed by atoms with Gasteiger partial charge in [0.2, 0.25) is 0 Å². The number of nitrogens with zero attached hydrogens (tertiary/aromatic N) is 2. The number of ether oxygens (including phenoxy) is 1. The number of aldehydes is 1. The Labute approximate surface area is 239 Å². The summed E-state index contributed by atoms with van der Waals surface area (Å²) in [6.45, 7) is -1.86. The first-order valence-corrected chi connectivity index (χ1v) is 13.0. The average molecular weight is 577 g/mol.